The van der Waals surface area contributed by atoms with E-state index in [0.717, 1.165) is 24.2 Å². The number of pyridine rings is 1. The van der Waals surface area contributed by atoms with E-state index >= 15 is 0 Å². The van der Waals surface area contributed by atoms with E-state index in [1.165, 1.54) is 6.33 Å². The molecule has 1 N–H and O–H groups in total. The lowest BCUT2D eigenvalue weighted by Gasteiger charge is -2.05. The Morgan fingerprint density at radius 1 is 1.13 bits per heavy atom. The molecular weight excluding hydrogens is 361 g/mol. The van der Waals surface area contributed by atoms with Crippen LogP contribution >= 0.6 is 37.2 Å². The quantitative estimate of drug-likeness (QED) is 0.757. The molecule has 3 aromatic rings. The predicted molar refractivity (Wildman–Crippen MR) is 97.2 cm³/mol. The van der Waals surface area contributed by atoms with Crippen LogP contribution in [0.1, 0.15) is 24.7 Å². The average molecular weight is 379 g/mol. The highest BCUT2D eigenvalue weighted by atomic mass is 35.5. The number of fused-ring (bicyclic) bond motifs is 1. The smallest absolute Gasteiger partial charge is 0.279 e. The van der Waals surface area contributed by atoms with Gasteiger partial charge in [-0.3, -0.25) is 14.5 Å². The van der Waals surface area contributed by atoms with Gasteiger partial charge in [0.2, 0.25) is 0 Å². The van der Waals surface area contributed by atoms with Gasteiger partial charge in [-0.05, 0) is 18.6 Å². The number of rotatable bonds is 4. The van der Waals surface area contributed by atoms with Crippen molar-refractivity contribution in [2.45, 2.75) is 26.3 Å². The van der Waals surface area contributed by atoms with Crippen molar-refractivity contribution in [3.63, 3.8) is 0 Å². The first-order valence-corrected chi connectivity index (χ1v) is 6.62. The second kappa shape index (κ2) is 9.50. The molecule has 0 atom stereocenters. The van der Waals surface area contributed by atoms with Crippen molar-refractivity contribution in [3.8, 4) is 0 Å². The summed E-state index contributed by atoms with van der Waals surface area (Å²) >= 11 is 0. The van der Waals surface area contributed by atoms with Gasteiger partial charge in [0.1, 0.15) is 5.52 Å². The molecule has 0 radical (unpaired) electrons. The van der Waals surface area contributed by atoms with Gasteiger partial charge in [0.05, 0.1) is 24.3 Å². The molecule has 0 saturated carbocycles. The summed E-state index contributed by atoms with van der Waals surface area (Å²) in [5.74, 6) is 0. The van der Waals surface area contributed by atoms with Crippen molar-refractivity contribution in [3.05, 3.63) is 52.5 Å². The maximum absolute atomic E-state index is 11.8. The van der Waals surface area contributed by atoms with E-state index in [4.69, 9.17) is 0 Å². The Morgan fingerprint density at radius 2 is 1.91 bits per heavy atom. The van der Waals surface area contributed by atoms with Gasteiger partial charge in [0.15, 0.2) is 5.52 Å². The van der Waals surface area contributed by atoms with Crippen molar-refractivity contribution in [2.24, 2.45) is 0 Å². The highest BCUT2D eigenvalue weighted by molar-refractivity contribution is 5.86. The minimum Gasteiger partial charge on any atom is -0.311 e. The number of nitrogens with zero attached hydrogens (tertiary/aromatic N) is 4. The molecule has 3 aromatic heterocycles. The number of aromatic amines is 1. The number of hydrogen-bond donors (Lipinski definition) is 1. The molecule has 0 spiro atoms. The average Bonchev–Trinajstić information content (AvgIpc) is 2.80. The second-order valence-electron chi connectivity index (χ2n) is 4.60. The van der Waals surface area contributed by atoms with Crippen LogP contribution in [0.3, 0.4) is 0 Å². The van der Waals surface area contributed by atoms with E-state index in [0.29, 0.717) is 17.6 Å². The standard InChI is InChI=1S/C14H15N5O.3ClH/c1-2-5-11-12-13(14(20)17-9-16-12)18-19(11)8-10-6-3-4-7-15-10;;;/h3-4,6-7,9H,2,5,8H2,1H3,(H,16,17,20);3*1H. The molecule has 0 aliphatic rings. The first-order chi connectivity index (χ1) is 9.79. The molecule has 0 unspecified atom stereocenters. The van der Waals surface area contributed by atoms with E-state index in [1.807, 2.05) is 22.9 Å². The largest absolute Gasteiger partial charge is 0.311 e. The van der Waals surface area contributed by atoms with Gasteiger partial charge in [-0.2, -0.15) is 5.10 Å². The second-order valence-corrected chi connectivity index (χ2v) is 4.60. The number of hydrogen-bond acceptors (Lipinski definition) is 4. The highest BCUT2D eigenvalue weighted by Crippen LogP contribution is 2.15. The zero-order chi connectivity index (χ0) is 13.9. The Morgan fingerprint density at radius 3 is 2.57 bits per heavy atom. The molecule has 0 aromatic carbocycles. The Bertz CT molecular complexity index is 788. The minimum absolute atomic E-state index is 0. The maximum Gasteiger partial charge on any atom is 0.279 e. The van der Waals surface area contributed by atoms with Crippen LogP contribution in [0, 0.1) is 0 Å². The van der Waals surface area contributed by atoms with Gasteiger partial charge in [0, 0.05) is 6.20 Å². The van der Waals surface area contributed by atoms with E-state index in [-0.39, 0.29) is 42.8 Å². The fraction of sp³-hybridized carbons (Fsp3) is 0.286. The monoisotopic (exact) mass is 377 g/mol. The Balaban J connectivity index is 0.00000161. The first-order valence-electron chi connectivity index (χ1n) is 6.62. The Kier molecular flexibility index (Phi) is 8.82. The predicted octanol–water partition coefficient (Wildman–Crippen LogP) is 2.78. The summed E-state index contributed by atoms with van der Waals surface area (Å²) in [5.41, 5.74) is 2.78. The molecular formula is C14H18Cl3N5O. The number of aromatic nitrogens is 5. The van der Waals surface area contributed by atoms with Crippen LogP contribution in [0.4, 0.5) is 0 Å². The minimum atomic E-state index is -0.202. The molecule has 23 heavy (non-hydrogen) atoms. The zero-order valence-corrected chi connectivity index (χ0v) is 14.9. The van der Waals surface area contributed by atoms with Gasteiger partial charge in [-0.15, -0.1) is 37.2 Å². The lowest BCUT2D eigenvalue weighted by atomic mass is 10.2. The van der Waals surface area contributed by atoms with Crippen molar-refractivity contribution in [1.29, 1.82) is 0 Å². The number of halogens is 3. The van der Waals surface area contributed by atoms with Crippen molar-refractivity contribution in [2.75, 3.05) is 0 Å². The highest BCUT2D eigenvalue weighted by Gasteiger charge is 2.14. The van der Waals surface area contributed by atoms with Gasteiger partial charge in [-0.1, -0.05) is 19.4 Å². The Hall–Kier alpha value is -1.63. The number of H-pyrrole nitrogens is 1. The first kappa shape index (κ1) is 21.4. The van der Waals surface area contributed by atoms with E-state index in [9.17, 15) is 4.79 Å². The van der Waals surface area contributed by atoms with Crippen LogP contribution in [0.5, 0.6) is 0 Å². The third-order valence-electron chi connectivity index (χ3n) is 3.16. The summed E-state index contributed by atoms with van der Waals surface area (Å²) < 4.78 is 1.83. The van der Waals surface area contributed by atoms with E-state index in [1.54, 1.807) is 6.20 Å². The van der Waals surface area contributed by atoms with E-state index in [2.05, 4.69) is 27.0 Å². The topological polar surface area (TPSA) is 76.5 Å². The normalized spacial score (nSPS) is 9.61. The fourth-order valence-electron chi connectivity index (χ4n) is 2.26. The zero-order valence-electron chi connectivity index (χ0n) is 12.4. The molecule has 0 amide bonds. The van der Waals surface area contributed by atoms with Gasteiger partial charge in [-0.25, -0.2) is 4.98 Å². The summed E-state index contributed by atoms with van der Waals surface area (Å²) in [6, 6.07) is 5.76. The summed E-state index contributed by atoms with van der Waals surface area (Å²) in [6.07, 6.45) is 4.98. The van der Waals surface area contributed by atoms with Crippen LogP contribution in [0.2, 0.25) is 0 Å². The Labute approximate surface area is 152 Å². The molecule has 0 fully saturated rings. The molecule has 3 rings (SSSR count). The third-order valence-corrected chi connectivity index (χ3v) is 3.16. The molecule has 126 valence electrons. The van der Waals surface area contributed by atoms with Crippen LogP contribution in [-0.2, 0) is 13.0 Å². The van der Waals surface area contributed by atoms with Crippen LogP contribution in [0.15, 0.2) is 35.5 Å². The SMILES string of the molecule is CCCc1c2nc[nH]c(=O)c2nn1Cc1ccccn1.Cl.Cl.Cl. The van der Waals surface area contributed by atoms with Crippen molar-refractivity contribution >= 4 is 48.3 Å². The third kappa shape index (κ3) is 4.43. The molecule has 0 aliphatic heterocycles. The summed E-state index contributed by atoms with van der Waals surface area (Å²) in [5, 5.41) is 4.40. The van der Waals surface area contributed by atoms with Crippen LogP contribution < -0.4 is 5.56 Å². The molecule has 3 heterocycles. The lowest BCUT2D eigenvalue weighted by molar-refractivity contribution is 0.634. The fourth-order valence-corrected chi connectivity index (χ4v) is 2.26. The lowest BCUT2D eigenvalue weighted by Crippen LogP contribution is -2.08. The molecule has 0 aliphatic carbocycles. The van der Waals surface area contributed by atoms with E-state index < -0.39 is 0 Å². The van der Waals surface area contributed by atoms with Gasteiger partial charge < -0.3 is 4.98 Å². The van der Waals surface area contributed by atoms with Gasteiger partial charge in [0.25, 0.3) is 5.56 Å². The molecule has 6 nitrogen and oxygen atoms in total. The number of nitrogens with one attached hydrogen (secondary N) is 1. The van der Waals surface area contributed by atoms with Gasteiger partial charge >= 0.3 is 0 Å². The summed E-state index contributed by atoms with van der Waals surface area (Å²) in [7, 11) is 0. The summed E-state index contributed by atoms with van der Waals surface area (Å²) in [6.45, 7) is 2.64. The summed E-state index contributed by atoms with van der Waals surface area (Å²) in [4.78, 5) is 22.9. The van der Waals surface area contributed by atoms with Crippen molar-refractivity contribution < 1.29 is 0 Å². The van der Waals surface area contributed by atoms with Crippen LogP contribution in [0.25, 0.3) is 11.0 Å². The van der Waals surface area contributed by atoms with Crippen molar-refractivity contribution in [1.82, 2.24) is 24.7 Å². The molecule has 9 heteroatoms. The van der Waals surface area contributed by atoms with Crippen LogP contribution in [-0.4, -0.2) is 24.7 Å². The number of aryl methyl sites for hydroxylation is 1. The maximum atomic E-state index is 11.8. The molecule has 0 bridgehead atoms. The molecule has 0 saturated heterocycles.